The van der Waals surface area contributed by atoms with E-state index in [0.717, 1.165) is 0 Å². The molecule has 0 aromatic heterocycles. The fourth-order valence-corrected chi connectivity index (χ4v) is 2.37. The van der Waals surface area contributed by atoms with Crippen LogP contribution in [0.25, 0.3) is 20.9 Å². The summed E-state index contributed by atoms with van der Waals surface area (Å²) in [7, 11) is 2.41. The molecule has 10 heteroatoms. The molecule has 1 aliphatic rings. The molecule has 0 N–H and O–H groups in total. The van der Waals surface area contributed by atoms with Crippen molar-refractivity contribution in [2.45, 2.75) is 24.9 Å². The van der Waals surface area contributed by atoms with Gasteiger partial charge in [0.2, 0.25) is 0 Å². The second-order valence-electron chi connectivity index (χ2n) is 4.28. The third-order valence-electron chi connectivity index (χ3n) is 3.33. The van der Waals surface area contributed by atoms with Crippen LogP contribution in [0.5, 0.6) is 0 Å². The van der Waals surface area contributed by atoms with Crippen LogP contribution < -0.4 is 0 Å². The van der Waals surface area contributed by atoms with Crippen LogP contribution in [0, 0.1) is 11.8 Å². The number of rotatable bonds is 4. The van der Waals surface area contributed by atoms with Gasteiger partial charge in [0.05, 0.1) is 26.1 Å². The number of carbonyl (C=O) groups excluding carboxylic acids is 2. The van der Waals surface area contributed by atoms with E-state index >= 15 is 0 Å². The van der Waals surface area contributed by atoms with Gasteiger partial charge in [0.15, 0.2) is 0 Å². The number of esters is 2. The maximum absolute atomic E-state index is 11.7. The molecule has 2 unspecified atom stereocenters. The third-order valence-corrected chi connectivity index (χ3v) is 3.33. The monoisotopic (exact) mass is 282 g/mol. The highest BCUT2D eigenvalue weighted by Crippen LogP contribution is 2.35. The zero-order valence-corrected chi connectivity index (χ0v) is 11.0. The first kappa shape index (κ1) is 15.6. The predicted octanol–water partition coefficient (Wildman–Crippen LogP) is 1.72. The summed E-state index contributed by atoms with van der Waals surface area (Å²) in [6.07, 6.45) is 0.139. The zero-order chi connectivity index (χ0) is 15.1. The van der Waals surface area contributed by atoms with Crippen molar-refractivity contribution in [2.24, 2.45) is 22.1 Å². The highest BCUT2D eigenvalue weighted by molar-refractivity contribution is 5.82. The Bertz CT molecular complexity index is 438. The Labute approximate surface area is 114 Å². The average molecular weight is 282 g/mol. The van der Waals surface area contributed by atoms with Gasteiger partial charge < -0.3 is 9.47 Å². The molecule has 0 aliphatic heterocycles. The maximum atomic E-state index is 11.7. The lowest BCUT2D eigenvalue weighted by Gasteiger charge is -2.34. The van der Waals surface area contributed by atoms with Crippen molar-refractivity contribution in [3.63, 3.8) is 0 Å². The molecule has 0 aromatic rings. The lowest BCUT2D eigenvalue weighted by molar-refractivity contribution is -0.160. The van der Waals surface area contributed by atoms with Gasteiger partial charge in [-0.25, -0.2) is 0 Å². The minimum Gasteiger partial charge on any atom is -0.469 e. The van der Waals surface area contributed by atoms with E-state index in [-0.39, 0.29) is 12.8 Å². The number of ether oxygens (including phenoxy) is 2. The molecule has 0 heterocycles. The zero-order valence-electron chi connectivity index (χ0n) is 11.0. The van der Waals surface area contributed by atoms with Gasteiger partial charge in [-0.2, -0.15) is 0 Å². The minimum atomic E-state index is -0.784. The molecular weight excluding hydrogens is 268 g/mol. The fourth-order valence-electron chi connectivity index (χ4n) is 2.37. The Morgan fingerprint density at radius 2 is 1.30 bits per heavy atom. The Morgan fingerprint density at radius 3 is 1.55 bits per heavy atom. The highest BCUT2D eigenvalue weighted by Gasteiger charge is 2.44. The van der Waals surface area contributed by atoms with Crippen LogP contribution in [0.2, 0.25) is 0 Å². The molecule has 0 spiro atoms. The van der Waals surface area contributed by atoms with E-state index in [9.17, 15) is 9.59 Å². The minimum absolute atomic E-state index is 0.0696. The van der Waals surface area contributed by atoms with Crippen molar-refractivity contribution in [3.8, 4) is 0 Å². The molecule has 1 saturated carbocycles. The molecule has 0 amide bonds. The van der Waals surface area contributed by atoms with E-state index in [2.05, 4.69) is 29.5 Å². The molecule has 0 bridgehead atoms. The number of carbonyl (C=O) groups is 2. The second-order valence-corrected chi connectivity index (χ2v) is 4.28. The van der Waals surface area contributed by atoms with Gasteiger partial charge in [-0.05, 0) is 23.9 Å². The van der Waals surface area contributed by atoms with Gasteiger partial charge in [-0.1, -0.05) is 10.2 Å². The van der Waals surface area contributed by atoms with Crippen LogP contribution in [0.1, 0.15) is 12.8 Å². The first-order valence-corrected chi connectivity index (χ1v) is 5.83. The Balaban J connectivity index is 3.09. The molecule has 4 atom stereocenters. The molecule has 1 aliphatic carbocycles. The maximum Gasteiger partial charge on any atom is 0.309 e. The summed E-state index contributed by atoms with van der Waals surface area (Å²) in [4.78, 5) is 28.8. The smallest absolute Gasteiger partial charge is 0.309 e. The highest BCUT2D eigenvalue weighted by atomic mass is 16.5. The first-order valence-electron chi connectivity index (χ1n) is 5.83. The van der Waals surface area contributed by atoms with Crippen molar-refractivity contribution in [1.82, 2.24) is 0 Å². The number of methoxy groups -OCH3 is 2. The molecular formula is C10H14N6O4. The third kappa shape index (κ3) is 3.31. The normalized spacial score (nSPS) is 28.5. The quantitative estimate of drug-likeness (QED) is 0.333. The standard InChI is InChI=1S/C10H14N6O4/c1-19-9(17)5-3-7(13-15-11)8(14-16-12)4-6(5)10(18)20-2/h5-8H,3-4H2,1-2H3/t5-,6+,7?,8?. The van der Waals surface area contributed by atoms with Crippen LogP contribution in [-0.2, 0) is 19.1 Å². The van der Waals surface area contributed by atoms with Crippen LogP contribution in [0.4, 0.5) is 0 Å². The van der Waals surface area contributed by atoms with Crippen molar-refractivity contribution >= 4 is 11.9 Å². The van der Waals surface area contributed by atoms with Gasteiger partial charge in [-0.15, -0.1) is 0 Å². The molecule has 0 radical (unpaired) electrons. The van der Waals surface area contributed by atoms with Crippen LogP contribution >= 0.6 is 0 Å². The summed E-state index contributed by atoms with van der Waals surface area (Å²) in [6, 6.07) is -1.39. The Hall–Kier alpha value is -2.44. The molecule has 20 heavy (non-hydrogen) atoms. The summed E-state index contributed by atoms with van der Waals surface area (Å²) < 4.78 is 9.30. The van der Waals surface area contributed by atoms with E-state index in [1.807, 2.05) is 0 Å². The molecule has 10 nitrogen and oxygen atoms in total. The number of hydrogen-bond donors (Lipinski definition) is 0. The Kier molecular flexibility index (Phi) is 5.64. The van der Waals surface area contributed by atoms with E-state index in [1.165, 1.54) is 14.2 Å². The summed E-state index contributed by atoms with van der Waals surface area (Å²) in [6.45, 7) is 0. The predicted molar refractivity (Wildman–Crippen MR) is 66.1 cm³/mol. The fraction of sp³-hybridized carbons (Fsp3) is 0.800. The molecule has 0 saturated heterocycles. The lowest BCUT2D eigenvalue weighted by atomic mass is 9.74. The molecule has 108 valence electrons. The van der Waals surface area contributed by atoms with Crippen molar-refractivity contribution in [1.29, 1.82) is 0 Å². The van der Waals surface area contributed by atoms with Gasteiger partial charge in [0, 0.05) is 21.9 Å². The van der Waals surface area contributed by atoms with Crippen LogP contribution in [0.15, 0.2) is 10.2 Å². The number of azide groups is 2. The number of hydrogen-bond acceptors (Lipinski definition) is 6. The topological polar surface area (TPSA) is 150 Å². The molecule has 1 fully saturated rings. The van der Waals surface area contributed by atoms with E-state index < -0.39 is 35.9 Å². The summed E-state index contributed by atoms with van der Waals surface area (Å²) in [5.41, 5.74) is 17.0. The summed E-state index contributed by atoms with van der Waals surface area (Å²) in [5, 5.41) is 7.05. The van der Waals surface area contributed by atoms with Gasteiger partial charge in [0.1, 0.15) is 0 Å². The molecule has 0 aromatic carbocycles. The van der Waals surface area contributed by atoms with Crippen LogP contribution in [0.3, 0.4) is 0 Å². The average Bonchev–Trinajstić information content (AvgIpc) is 2.47. The van der Waals surface area contributed by atoms with Gasteiger partial charge >= 0.3 is 11.9 Å². The largest absolute Gasteiger partial charge is 0.469 e. The second kappa shape index (κ2) is 7.22. The SMILES string of the molecule is COC(=O)[C@H]1CC(N=[N+]=[N-])C(N=[N+]=[N-])C[C@H]1C(=O)OC. The van der Waals surface area contributed by atoms with E-state index in [0.29, 0.717) is 0 Å². The Morgan fingerprint density at radius 1 is 0.950 bits per heavy atom. The van der Waals surface area contributed by atoms with E-state index in [1.54, 1.807) is 0 Å². The first-order chi connectivity index (χ1) is 9.58. The summed E-state index contributed by atoms with van der Waals surface area (Å²) >= 11 is 0. The van der Waals surface area contributed by atoms with E-state index in [4.69, 9.17) is 11.1 Å². The molecule has 1 rings (SSSR count). The van der Waals surface area contributed by atoms with Gasteiger partial charge in [-0.3, -0.25) is 9.59 Å². The van der Waals surface area contributed by atoms with Gasteiger partial charge in [0.25, 0.3) is 0 Å². The van der Waals surface area contributed by atoms with Crippen LogP contribution in [-0.4, -0.2) is 38.2 Å². The number of nitrogens with zero attached hydrogens (tertiary/aromatic N) is 6. The van der Waals surface area contributed by atoms with Crippen molar-refractivity contribution in [2.75, 3.05) is 14.2 Å². The van der Waals surface area contributed by atoms with Crippen molar-refractivity contribution < 1.29 is 19.1 Å². The summed E-state index contributed by atoms with van der Waals surface area (Å²) in [5.74, 6) is -2.74. The van der Waals surface area contributed by atoms with Crippen molar-refractivity contribution in [3.05, 3.63) is 20.9 Å². The lowest BCUT2D eigenvalue weighted by Crippen LogP contribution is -2.44.